The van der Waals surface area contributed by atoms with Crippen LogP contribution in [0.1, 0.15) is 20.8 Å². The minimum Gasteiger partial charge on any atom is -0.385 e. The smallest absolute Gasteiger partial charge is 0.242 e. The molecule has 102 valence electrons. The third kappa shape index (κ3) is 3.99. The highest BCUT2D eigenvalue weighted by molar-refractivity contribution is 7.89. The third-order valence-corrected chi connectivity index (χ3v) is 4.29. The van der Waals surface area contributed by atoms with Gasteiger partial charge in [-0.2, -0.15) is 0 Å². The summed E-state index contributed by atoms with van der Waals surface area (Å²) in [5, 5.41) is 3.28. The van der Waals surface area contributed by atoms with Gasteiger partial charge < -0.3 is 5.32 Å². The van der Waals surface area contributed by atoms with E-state index in [2.05, 4.69) is 26.1 Å². The molecule has 0 fully saturated rings. The lowest BCUT2D eigenvalue weighted by atomic mass is 9.97. The van der Waals surface area contributed by atoms with E-state index in [4.69, 9.17) is 0 Å². The molecule has 0 atom stereocenters. The van der Waals surface area contributed by atoms with E-state index in [1.807, 2.05) is 0 Å². The summed E-state index contributed by atoms with van der Waals surface area (Å²) >= 11 is 0. The Labute approximate surface area is 110 Å². The topological polar surface area (TPSA) is 49.4 Å². The van der Waals surface area contributed by atoms with Crippen LogP contribution in [-0.4, -0.2) is 33.4 Å². The van der Waals surface area contributed by atoms with Gasteiger partial charge in [0.2, 0.25) is 10.0 Å². The lowest BCUT2D eigenvalue weighted by Gasteiger charge is -2.19. The van der Waals surface area contributed by atoms with Crippen LogP contribution in [0.15, 0.2) is 29.2 Å². The fourth-order valence-corrected chi connectivity index (χ4v) is 2.22. The Morgan fingerprint density at radius 1 is 1.11 bits per heavy atom. The zero-order valence-electron chi connectivity index (χ0n) is 11.7. The Morgan fingerprint density at radius 2 is 1.61 bits per heavy atom. The van der Waals surface area contributed by atoms with Crippen molar-refractivity contribution < 1.29 is 8.42 Å². The van der Waals surface area contributed by atoms with Crippen LogP contribution in [0.5, 0.6) is 0 Å². The van der Waals surface area contributed by atoms with Crippen molar-refractivity contribution in [2.24, 2.45) is 5.41 Å². The first kappa shape index (κ1) is 15.0. The predicted molar refractivity (Wildman–Crippen MR) is 75.3 cm³/mol. The van der Waals surface area contributed by atoms with E-state index in [9.17, 15) is 8.42 Å². The maximum Gasteiger partial charge on any atom is 0.242 e. The average Bonchev–Trinajstić information content (AvgIpc) is 2.26. The van der Waals surface area contributed by atoms with Crippen LogP contribution in [0.4, 0.5) is 5.69 Å². The first-order valence-corrected chi connectivity index (χ1v) is 7.33. The molecule has 0 aliphatic rings. The van der Waals surface area contributed by atoms with Crippen molar-refractivity contribution in [3.05, 3.63) is 24.3 Å². The van der Waals surface area contributed by atoms with Gasteiger partial charge >= 0.3 is 0 Å². The summed E-state index contributed by atoms with van der Waals surface area (Å²) in [5.74, 6) is 0. The molecule has 1 aromatic carbocycles. The quantitative estimate of drug-likeness (QED) is 0.914. The standard InChI is InChI=1S/C13H22N2O2S/c1-13(2,3)10-14-11-6-8-12(9-7-11)18(16,17)15(4)5/h6-9,14H,10H2,1-5H3. The Hall–Kier alpha value is -1.07. The zero-order valence-corrected chi connectivity index (χ0v) is 12.5. The van der Waals surface area contributed by atoms with Gasteiger partial charge in [-0.25, -0.2) is 12.7 Å². The molecule has 0 amide bonds. The molecular formula is C13H22N2O2S. The van der Waals surface area contributed by atoms with Crippen LogP contribution < -0.4 is 5.32 Å². The van der Waals surface area contributed by atoms with Gasteiger partial charge in [0, 0.05) is 26.3 Å². The molecular weight excluding hydrogens is 248 g/mol. The molecule has 4 nitrogen and oxygen atoms in total. The Morgan fingerprint density at radius 3 is 2.00 bits per heavy atom. The van der Waals surface area contributed by atoms with E-state index in [1.165, 1.54) is 18.4 Å². The molecule has 1 rings (SSSR count). The summed E-state index contributed by atoms with van der Waals surface area (Å²) in [5.41, 5.74) is 1.12. The van der Waals surface area contributed by atoms with Gasteiger partial charge in [-0.3, -0.25) is 0 Å². The monoisotopic (exact) mass is 270 g/mol. The van der Waals surface area contributed by atoms with Gasteiger partial charge in [-0.1, -0.05) is 20.8 Å². The van der Waals surface area contributed by atoms with E-state index in [0.29, 0.717) is 4.90 Å². The molecule has 0 aromatic heterocycles. The van der Waals surface area contributed by atoms with Gasteiger partial charge in [0.1, 0.15) is 0 Å². The van der Waals surface area contributed by atoms with E-state index in [1.54, 1.807) is 24.3 Å². The lowest BCUT2D eigenvalue weighted by Crippen LogP contribution is -2.22. The molecule has 0 spiro atoms. The fraction of sp³-hybridized carbons (Fsp3) is 0.538. The molecule has 0 aliphatic heterocycles. The Balaban J connectivity index is 2.81. The first-order chi connectivity index (χ1) is 8.13. The minimum atomic E-state index is -3.33. The molecule has 0 radical (unpaired) electrons. The van der Waals surface area contributed by atoms with Gasteiger partial charge in [-0.15, -0.1) is 0 Å². The number of hydrogen-bond acceptors (Lipinski definition) is 3. The largest absolute Gasteiger partial charge is 0.385 e. The highest BCUT2D eigenvalue weighted by atomic mass is 32.2. The molecule has 18 heavy (non-hydrogen) atoms. The number of sulfonamides is 1. The molecule has 0 heterocycles. The lowest BCUT2D eigenvalue weighted by molar-refractivity contribution is 0.443. The van der Waals surface area contributed by atoms with E-state index in [-0.39, 0.29) is 5.41 Å². The average molecular weight is 270 g/mol. The molecule has 0 saturated carbocycles. The SMILES string of the molecule is CN(C)S(=O)(=O)c1ccc(NCC(C)(C)C)cc1. The van der Waals surface area contributed by atoms with Crippen molar-refractivity contribution in [3.63, 3.8) is 0 Å². The predicted octanol–water partition coefficient (Wildman–Crippen LogP) is 2.39. The van der Waals surface area contributed by atoms with Gasteiger partial charge in [0.05, 0.1) is 4.90 Å². The Bertz CT molecular complexity index is 485. The number of rotatable bonds is 4. The van der Waals surface area contributed by atoms with Crippen molar-refractivity contribution in [3.8, 4) is 0 Å². The molecule has 0 bridgehead atoms. The van der Waals surface area contributed by atoms with Crippen LogP contribution in [0.2, 0.25) is 0 Å². The van der Waals surface area contributed by atoms with Crippen molar-refractivity contribution in [1.82, 2.24) is 4.31 Å². The summed E-state index contributed by atoms with van der Waals surface area (Å²) in [6.07, 6.45) is 0. The van der Waals surface area contributed by atoms with Gasteiger partial charge in [0.15, 0.2) is 0 Å². The maximum absolute atomic E-state index is 11.9. The molecule has 1 N–H and O–H groups in total. The van der Waals surface area contributed by atoms with Crippen LogP contribution in [-0.2, 0) is 10.0 Å². The van der Waals surface area contributed by atoms with Crippen molar-refractivity contribution in [2.45, 2.75) is 25.7 Å². The number of nitrogens with one attached hydrogen (secondary N) is 1. The maximum atomic E-state index is 11.9. The highest BCUT2D eigenvalue weighted by Crippen LogP contribution is 2.19. The van der Waals surface area contributed by atoms with Crippen molar-refractivity contribution >= 4 is 15.7 Å². The zero-order chi connectivity index (χ0) is 14.0. The first-order valence-electron chi connectivity index (χ1n) is 5.89. The number of anilines is 1. The van der Waals surface area contributed by atoms with Crippen LogP contribution in [0.25, 0.3) is 0 Å². The summed E-state index contributed by atoms with van der Waals surface area (Å²) in [4.78, 5) is 0.314. The molecule has 0 saturated heterocycles. The summed E-state index contributed by atoms with van der Waals surface area (Å²) in [7, 11) is -0.274. The number of hydrogen-bond donors (Lipinski definition) is 1. The molecule has 0 unspecified atom stereocenters. The van der Waals surface area contributed by atoms with Crippen molar-refractivity contribution in [2.75, 3.05) is 26.0 Å². The second-order valence-electron chi connectivity index (χ2n) is 5.73. The van der Waals surface area contributed by atoms with Gasteiger partial charge in [0.25, 0.3) is 0 Å². The summed E-state index contributed by atoms with van der Waals surface area (Å²) in [6.45, 7) is 7.27. The summed E-state index contributed by atoms with van der Waals surface area (Å²) < 4.78 is 24.9. The van der Waals surface area contributed by atoms with Crippen molar-refractivity contribution in [1.29, 1.82) is 0 Å². The summed E-state index contributed by atoms with van der Waals surface area (Å²) in [6, 6.07) is 6.84. The number of benzene rings is 1. The van der Waals surface area contributed by atoms with Crippen LogP contribution >= 0.6 is 0 Å². The normalized spacial score (nSPS) is 12.8. The second-order valence-corrected chi connectivity index (χ2v) is 7.88. The van der Waals surface area contributed by atoms with Crippen LogP contribution in [0.3, 0.4) is 0 Å². The Kier molecular flexibility index (Phi) is 4.40. The minimum absolute atomic E-state index is 0.189. The second kappa shape index (κ2) is 5.28. The molecule has 5 heteroatoms. The number of nitrogens with zero attached hydrogens (tertiary/aromatic N) is 1. The van der Waals surface area contributed by atoms with E-state index in [0.717, 1.165) is 12.2 Å². The van der Waals surface area contributed by atoms with E-state index < -0.39 is 10.0 Å². The molecule has 0 aliphatic carbocycles. The van der Waals surface area contributed by atoms with Crippen LogP contribution in [0, 0.1) is 5.41 Å². The molecule has 1 aromatic rings. The van der Waals surface area contributed by atoms with E-state index >= 15 is 0 Å². The highest BCUT2D eigenvalue weighted by Gasteiger charge is 2.16. The van der Waals surface area contributed by atoms with Gasteiger partial charge in [-0.05, 0) is 29.7 Å². The third-order valence-electron chi connectivity index (χ3n) is 2.46. The fourth-order valence-electron chi connectivity index (χ4n) is 1.32.